The van der Waals surface area contributed by atoms with Gasteiger partial charge in [0.15, 0.2) is 0 Å². The summed E-state index contributed by atoms with van der Waals surface area (Å²) in [5, 5.41) is 7.66. The third-order valence-corrected chi connectivity index (χ3v) is 5.28. The quantitative estimate of drug-likeness (QED) is 0.610. The van der Waals surface area contributed by atoms with E-state index in [1.807, 2.05) is 30.3 Å². The molecule has 2 aromatic rings. The van der Waals surface area contributed by atoms with Crippen LogP contribution >= 0.6 is 0 Å². The van der Waals surface area contributed by atoms with Crippen LogP contribution in [0.15, 0.2) is 79.3 Å². The van der Waals surface area contributed by atoms with Crippen molar-refractivity contribution >= 4 is 21.0 Å². The Morgan fingerprint density at radius 2 is 1.87 bits per heavy atom. The first-order valence-electron chi connectivity index (χ1n) is 6.29. The zero-order valence-corrected chi connectivity index (χ0v) is 15.9. The molecule has 0 fully saturated rings. The van der Waals surface area contributed by atoms with Gasteiger partial charge in [-0.25, -0.2) is 0 Å². The van der Waals surface area contributed by atoms with Gasteiger partial charge in [-0.2, -0.15) is 12.8 Å². The first kappa shape index (κ1) is 18.2. The summed E-state index contributed by atoms with van der Waals surface area (Å²) in [6, 6.07) is 15.7. The van der Waals surface area contributed by atoms with Crippen LogP contribution in [0.4, 0.5) is 0 Å². The summed E-state index contributed by atoms with van der Waals surface area (Å²) in [6.45, 7) is 0.507. The summed E-state index contributed by atoms with van der Waals surface area (Å²) in [5.41, 5.74) is 1.04. The monoisotopic (exact) mass is 360 g/mol. The maximum absolute atomic E-state index is 11.2. The number of hydrogen-bond donors (Lipinski definition) is 1. The summed E-state index contributed by atoms with van der Waals surface area (Å²) < 4.78 is 37.3. The van der Waals surface area contributed by atoms with E-state index in [9.17, 15) is 8.42 Å². The number of benzene rings is 2. The average molecular weight is 360 g/mol. The second-order valence-electron chi connectivity index (χ2n) is 4.47. The Labute approximate surface area is 160 Å². The van der Waals surface area contributed by atoms with Gasteiger partial charge in [-0.05, 0) is 34.2 Å². The predicted octanol–water partition coefficient (Wildman–Crippen LogP) is -0.0764. The van der Waals surface area contributed by atoms with Crippen LogP contribution in [0.2, 0.25) is 0 Å². The van der Waals surface area contributed by atoms with Gasteiger partial charge in [-0.1, -0.05) is 40.9 Å². The van der Waals surface area contributed by atoms with E-state index in [4.69, 9.17) is 4.55 Å². The van der Waals surface area contributed by atoms with Gasteiger partial charge in [0.25, 0.3) is 10.1 Å². The van der Waals surface area contributed by atoms with Gasteiger partial charge in [0.05, 0.1) is 22.3 Å². The van der Waals surface area contributed by atoms with Gasteiger partial charge in [0.2, 0.25) is 0 Å². The summed E-state index contributed by atoms with van der Waals surface area (Å²) in [4.78, 5) is 0.454. The molecule has 3 rings (SSSR count). The fourth-order valence-corrected chi connectivity index (χ4v) is 3.85. The average Bonchev–Trinajstić information content (AvgIpc) is 2.96. The van der Waals surface area contributed by atoms with Crippen molar-refractivity contribution in [3.8, 4) is 0 Å². The maximum atomic E-state index is 11.2. The van der Waals surface area contributed by atoms with Gasteiger partial charge >= 0.3 is 29.6 Å². The van der Waals surface area contributed by atoms with Crippen molar-refractivity contribution in [2.75, 3.05) is 0 Å². The van der Waals surface area contributed by atoms with E-state index in [1.165, 1.54) is 12.1 Å². The SMILES string of the molecule is O=S(=O)(O)c1cccc(S2=NN=NN2Cc2ccccc2)c1.[H-].[Na+]. The third kappa shape index (κ3) is 4.46. The molecule has 1 N–H and O–H groups in total. The zero-order chi connectivity index (χ0) is 15.6. The Hall–Kier alpha value is -1.10. The number of hydrogen-bond acceptors (Lipinski definition) is 6. The third-order valence-electron chi connectivity index (χ3n) is 2.93. The molecule has 10 heteroatoms. The van der Waals surface area contributed by atoms with Gasteiger partial charge in [0.1, 0.15) is 0 Å². The van der Waals surface area contributed by atoms with E-state index in [2.05, 4.69) is 14.9 Å². The Bertz CT molecular complexity index is 863. The minimum atomic E-state index is -4.25. The van der Waals surface area contributed by atoms with Crippen molar-refractivity contribution in [3.05, 3.63) is 60.2 Å². The topological polar surface area (TPSA) is 94.7 Å². The molecule has 0 bridgehead atoms. The molecule has 0 amide bonds. The van der Waals surface area contributed by atoms with Crippen LogP contribution in [0.1, 0.15) is 6.99 Å². The van der Waals surface area contributed by atoms with Gasteiger partial charge in [-0.3, -0.25) is 4.55 Å². The van der Waals surface area contributed by atoms with Crippen LogP contribution < -0.4 is 29.6 Å². The van der Waals surface area contributed by atoms with E-state index in [-0.39, 0.29) is 35.9 Å². The Morgan fingerprint density at radius 3 is 2.57 bits per heavy atom. The molecule has 0 spiro atoms. The Morgan fingerprint density at radius 1 is 1.13 bits per heavy atom. The molecule has 1 unspecified atom stereocenters. The van der Waals surface area contributed by atoms with E-state index in [1.54, 1.807) is 16.5 Å². The normalized spacial score (nSPS) is 16.7. The molecule has 0 aromatic heterocycles. The molecule has 116 valence electrons. The van der Waals surface area contributed by atoms with Crippen molar-refractivity contribution in [2.24, 2.45) is 14.9 Å². The van der Waals surface area contributed by atoms with Crippen molar-refractivity contribution < 1.29 is 44.0 Å². The van der Waals surface area contributed by atoms with Crippen LogP contribution in [-0.2, 0) is 27.5 Å². The van der Waals surface area contributed by atoms with Crippen LogP contribution in [0.5, 0.6) is 0 Å². The Kier molecular flexibility index (Phi) is 6.06. The maximum Gasteiger partial charge on any atom is 1.00 e. The molecule has 0 saturated heterocycles. The molecule has 23 heavy (non-hydrogen) atoms. The predicted molar refractivity (Wildman–Crippen MR) is 82.3 cm³/mol. The molecule has 1 aliphatic rings. The summed E-state index contributed by atoms with van der Waals surface area (Å²) in [5.74, 6) is 0. The van der Waals surface area contributed by atoms with E-state index < -0.39 is 21.0 Å². The molecule has 0 aliphatic carbocycles. The molecule has 0 saturated carbocycles. The van der Waals surface area contributed by atoms with E-state index in [0.29, 0.717) is 11.4 Å². The molecular formula is C13H13N4NaO3S2. The first-order valence-corrected chi connectivity index (χ1v) is 8.87. The van der Waals surface area contributed by atoms with Crippen molar-refractivity contribution in [1.82, 2.24) is 4.41 Å². The van der Waals surface area contributed by atoms with Crippen molar-refractivity contribution in [2.45, 2.75) is 16.3 Å². The minimum Gasteiger partial charge on any atom is -1.00 e. The van der Waals surface area contributed by atoms with Gasteiger partial charge in [-0.15, -0.1) is 0 Å². The van der Waals surface area contributed by atoms with Gasteiger partial charge in [0, 0.05) is 4.90 Å². The molecule has 0 radical (unpaired) electrons. The van der Waals surface area contributed by atoms with Crippen LogP contribution in [-0.4, -0.2) is 17.4 Å². The number of nitrogens with zero attached hydrogens (tertiary/aromatic N) is 4. The number of rotatable bonds is 4. The van der Waals surface area contributed by atoms with E-state index in [0.717, 1.165) is 5.56 Å². The second-order valence-corrected chi connectivity index (χ2v) is 7.48. The van der Waals surface area contributed by atoms with Gasteiger partial charge < -0.3 is 1.43 Å². The molecule has 1 aliphatic heterocycles. The minimum absolute atomic E-state index is 0. The summed E-state index contributed by atoms with van der Waals surface area (Å²) in [7, 11) is -5.07. The van der Waals surface area contributed by atoms with E-state index >= 15 is 0 Å². The fraction of sp³-hybridized carbons (Fsp3) is 0.0769. The molecule has 7 nitrogen and oxygen atoms in total. The second kappa shape index (κ2) is 7.65. The smallest absolute Gasteiger partial charge is 1.00 e. The fourth-order valence-electron chi connectivity index (χ4n) is 1.92. The Balaban J connectivity index is 0.00000144. The molecule has 1 atom stereocenters. The van der Waals surface area contributed by atoms with Crippen LogP contribution in [0.25, 0.3) is 0 Å². The molecule has 1 heterocycles. The first-order chi connectivity index (χ1) is 10.5. The standard InChI is InChI=1S/C13H12N4O3S2.Na.H/c18-22(19,20)13-8-4-7-12(9-13)21-16-14-15-17(21)10-11-5-2-1-3-6-11;;/h1-9H,10H2,(H,18,19,20);;/q;+1;-1. The zero-order valence-electron chi connectivity index (χ0n) is 13.3. The molecule has 2 aromatic carbocycles. The molecular weight excluding hydrogens is 347 g/mol. The largest absolute Gasteiger partial charge is 1.00 e. The summed E-state index contributed by atoms with van der Waals surface area (Å²) in [6.07, 6.45) is 0. The van der Waals surface area contributed by atoms with Crippen LogP contribution in [0, 0.1) is 0 Å². The van der Waals surface area contributed by atoms with Crippen LogP contribution in [0.3, 0.4) is 0 Å². The summed E-state index contributed by atoms with van der Waals surface area (Å²) >= 11 is 0. The van der Waals surface area contributed by atoms with Crippen molar-refractivity contribution in [3.63, 3.8) is 0 Å². The van der Waals surface area contributed by atoms with Crippen molar-refractivity contribution in [1.29, 1.82) is 0 Å².